The molecule has 0 radical (unpaired) electrons. The SMILES string of the molecule is SCC1(N=C2N=CNC3=NC=NC23)CCCC1. The average molecular weight is 249 g/mol. The van der Waals surface area contributed by atoms with Gasteiger partial charge in [0, 0.05) is 5.75 Å². The summed E-state index contributed by atoms with van der Waals surface area (Å²) in [7, 11) is 0. The van der Waals surface area contributed by atoms with Gasteiger partial charge in [-0.3, -0.25) is 9.98 Å². The van der Waals surface area contributed by atoms with Crippen LogP contribution in [0.25, 0.3) is 0 Å². The van der Waals surface area contributed by atoms with Crippen LogP contribution < -0.4 is 5.32 Å². The maximum atomic E-state index is 4.84. The molecule has 0 saturated heterocycles. The predicted molar refractivity (Wildman–Crippen MR) is 73.8 cm³/mol. The van der Waals surface area contributed by atoms with Crippen LogP contribution in [0.1, 0.15) is 25.7 Å². The smallest absolute Gasteiger partial charge is 0.168 e. The molecule has 0 aromatic rings. The van der Waals surface area contributed by atoms with Crippen LogP contribution in [0.5, 0.6) is 0 Å². The van der Waals surface area contributed by atoms with Crippen molar-refractivity contribution >= 4 is 37.0 Å². The molecule has 0 amide bonds. The molecule has 5 nitrogen and oxygen atoms in total. The summed E-state index contributed by atoms with van der Waals surface area (Å²) in [5.41, 5.74) is -0.0314. The lowest BCUT2D eigenvalue weighted by Crippen LogP contribution is -2.42. The Labute approximate surface area is 106 Å². The zero-order chi connectivity index (χ0) is 11.7. The number of nitrogens with zero attached hydrogens (tertiary/aromatic N) is 4. The molecule has 1 N–H and O–H groups in total. The third kappa shape index (κ3) is 1.90. The first kappa shape index (κ1) is 11.0. The quantitative estimate of drug-likeness (QED) is 0.706. The fourth-order valence-corrected chi connectivity index (χ4v) is 2.90. The summed E-state index contributed by atoms with van der Waals surface area (Å²) in [6.45, 7) is 0. The highest BCUT2D eigenvalue weighted by Gasteiger charge is 2.35. The van der Waals surface area contributed by atoms with Gasteiger partial charge >= 0.3 is 0 Å². The van der Waals surface area contributed by atoms with Gasteiger partial charge in [-0.25, -0.2) is 9.98 Å². The van der Waals surface area contributed by atoms with E-state index in [-0.39, 0.29) is 11.6 Å². The van der Waals surface area contributed by atoms with Crippen molar-refractivity contribution in [3.05, 3.63) is 0 Å². The fourth-order valence-electron chi connectivity index (χ4n) is 2.52. The van der Waals surface area contributed by atoms with Crippen molar-refractivity contribution in [3.63, 3.8) is 0 Å². The van der Waals surface area contributed by atoms with Gasteiger partial charge in [-0.05, 0) is 12.8 Å². The van der Waals surface area contributed by atoms with E-state index in [1.807, 2.05) is 0 Å². The van der Waals surface area contributed by atoms with E-state index in [9.17, 15) is 0 Å². The molecule has 3 rings (SSSR count). The number of amidine groups is 2. The van der Waals surface area contributed by atoms with Crippen molar-refractivity contribution in [1.29, 1.82) is 0 Å². The Morgan fingerprint density at radius 3 is 3.06 bits per heavy atom. The van der Waals surface area contributed by atoms with Gasteiger partial charge in [0.2, 0.25) is 0 Å². The van der Waals surface area contributed by atoms with Crippen LogP contribution in [0.4, 0.5) is 0 Å². The first-order valence-electron chi connectivity index (χ1n) is 5.92. The molecule has 2 heterocycles. The highest BCUT2D eigenvalue weighted by molar-refractivity contribution is 7.80. The summed E-state index contributed by atoms with van der Waals surface area (Å²) in [5, 5.41) is 3.00. The Balaban J connectivity index is 1.92. The van der Waals surface area contributed by atoms with E-state index in [1.165, 1.54) is 12.8 Å². The molecule has 1 fully saturated rings. The van der Waals surface area contributed by atoms with Gasteiger partial charge in [0.05, 0.1) is 11.9 Å². The molecule has 6 heteroatoms. The second-order valence-corrected chi connectivity index (χ2v) is 4.96. The summed E-state index contributed by atoms with van der Waals surface area (Å²) < 4.78 is 0. The Morgan fingerprint density at radius 1 is 1.47 bits per heavy atom. The van der Waals surface area contributed by atoms with E-state index in [2.05, 4.69) is 32.9 Å². The monoisotopic (exact) mass is 249 g/mol. The van der Waals surface area contributed by atoms with Crippen LogP contribution in [0.15, 0.2) is 20.0 Å². The van der Waals surface area contributed by atoms with E-state index in [0.717, 1.165) is 30.3 Å². The van der Waals surface area contributed by atoms with E-state index in [1.54, 1.807) is 12.7 Å². The number of rotatable bonds is 2. The van der Waals surface area contributed by atoms with Crippen molar-refractivity contribution in [2.75, 3.05) is 5.75 Å². The van der Waals surface area contributed by atoms with Crippen molar-refractivity contribution in [2.24, 2.45) is 20.0 Å². The molecule has 90 valence electrons. The van der Waals surface area contributed by atoms with Crippen molar-refractivity contribution < 1.29 is 0 Å². The minimum atomic E-state index is -0.127. The number of nitrogens with one attached hydrogen (secondary N) is 1. The molecule has 3 aliphatic rings. The van der Waals surface area contributed by atoms with Crippen LogP contribution >= 0.6 is 12.6 Å². The Kier molecular flexibility index (Phi) is 2.74. The number of fused-ring (bicyclic) bond motifs is 1. The number of hydrogen-bond donors (Lipinski definition) is 2. The summed E-state index contributed by atoms with van der Waals surface area (Å²) in [5.74, 6) is 2.38. The van der Waals surface area contributed by atoms with Gasteiger partial charge in [-0.1, -0.05) is 12.8 Å². The minimum absolute atomic E-state index is 0.0314. The third-order valence-corrected chi connectivity index (χ3v) is 4.09. The molecule has 1 aliphatic carbocycles. The summed E-state index contributed by atoms with van der Waals surface area (Å²) in [4.78, 5) is 17.6. The van der Waals surface area contributed by atoms with Crippen molar-refractivity contribution in [3.8, 4) is 0 Å². The summed E-state index contributed by atoms with van der Waals surface area (Å²) >= 11 is 4.45. The largest absolute Gasteiger partial charge is 0.332 e. The number of aliphatic imine (C=N–C) groups is 4. The van der Waals surface area contributed by atoms with E-state index in [0.29, 0.717) is 0 Å². The van der Waals surface area contributed by atoms with Crippen LogP contribution in [0.2, 0.25) is 0 Å². The van der Waals surface area contributed by atoms with Gasteiger partial charge in [0.15, 0.2) is 11.9 Å². The van der Waals surface area contributed by atoms with E-state index >= 15 is 0 Å². The predicted octanol–water partition coefficient (Wildman–Crippen LogP) is 1.07. The topological polar surface area (TPSA) is 61.5 Å². The van der Waals surface area contributed by atoms with Gasteiger partial charge in [-0.15, -0.1) is 0 Å². The lowest BCUT2D eigenvalue weighted by Gasteiger charge is -2.25. The second kappa shape index (κ2) is 4.25. The molecule has 17 heavy (non-hydrogen) atoms. The average Bonchev–Trinajstić information content (AvgIpc) is 2.98. The zero-order valence-electron chi connectivity index (χ0n) is 9.50. The van der Waals surface area contributed by atoms with Gasteiger partial charge in [0.25, 0.3) is 0 Å². The van der Waals surface area contributed by atoms with Crippen LogP contribution in [-0.2, 0) is 0 Å². The van der Waals surface area contributed by atoms with E-state index in [4.69, 9.17) is 4.99 Å². The molecule has 0 spiro atoms. The molecule has 1 saturated carbocycles. The van der Waals surface area contributed by atoms with Gasteiger partial charge < -0.3 is 5.32 Å². The molecule has 0 aromatic carbocycles. The summed E-state index contributed by atoms with van der Waals surface area (Å²) in [6, 6.07) is -0.127. The maximum Gasteiger partial charge on any atom is 0.168 e. The Hall–Kier alpha value is -1.17. The van der Waals surface area contributed by atoms with E-state index < -0.39 is 0 Å². The number of hydrogen-bond acceptors (Lipinski definition) is 5. The van der Waals surface area contributed by atoms with Crippen molar-refractivity contribution in [1.82, 2.24) is 5.32 Å². The lowest BCUT2D eigenvalue weighted by atomic mass is 10.0. The highest BCUT2D eigenvalue weighted by atomic mass is 32.1. The fraction of sp³-hybridized carbons (Fsp3) is 0.636. The van der Waals surface area contributed by atoms with Crippen LogP contribution in [0, 0.1) is 0 Å². The normalized spacial score (nSPS) is 31.5. The van der Waals surface area contributed by atoms with Crippen LogP contribution in [0.3, 0.4) is 0 Å². The Bertz CT molecular complexity index is 431. The molecule has 0 bridgehead atoms. The minimum Gasteiger partial charge on any atom is -0.332 e. The molecular formula is C11H15N5S. The lowest BCUT2D eigenvalue weighted by molar-refractivity contribution is 0.500. The van der Waals surface area contributed by atoms with Gasteiger partial charge in [0.1, 0.15) is 12.2 Å². The van der Waals surface area contributed by atoms with Crippen molar-refractivity contribution in [2.45, 2.75) is 37.3 Å². The second-order valence-electron chi connectivity index (χ2n) is 4.64. The number of thiol groups is 1. The third-order valence-electron chi connectivity index (χ3n) is 3.51. The Morgan fingerprint density at radius 2 is 2.29 bits per heavy atom. The highest BCUT2D eigenvalue weighted by Crippen LogP contribution is 2.35. The standard InChI is InChI=1S/C11H15N5S/c17-5-11(3-1-2-4-11)16-10-8-9(13-6-12-8)14-7-15-10/h6-8,17H,1-5H2,(H,12,13,14,15,16). The molecule has 2 aliphatic heterocycles. The molecule has 0 aromatic heterocycles. The first-order chi connectivity index (χ1) is 8.33. The molecule has 1 unspecified atom stereocenters. The maximum absolute atomic E-state index is 4.84. The molecule has 1 atom stereocenters. The zero-order valence-corrected chi connectivity index (χ0v) is 10.4. The van der Waals surface area contributed by atoms with Crippen LogP contribution in [-0.4, -0.2) is 41.7 Å². The first-order valence-corrected chi connectivity index (χ1v) is 6.55. The summed E-state index contributed by atoms with van der Waals surface area (Å²) in [6.07, 6.45) is 7.88. The molecular weight excluding hydrogens is 234 g/mol. The van der Waals surface area contributed by atoms with Gasteiger partial charge in [-0.2, -0.15) is 12.6 Å².